The van der Waals surface area contributed by atoms with Crippen LogP contribution in [0.3, 0.4) is 0 Å². The van der Waals surface area contributed by atoms with E-state index in [2.05, 4.69) is 40.3 Å². The first-order valence-corrected chi connectivity index (χ1v) is 10.7. The zero-order valence-electron chi connectivity index (χ0n) is 17.8. The van der Waals surface area contributed by atoms with E-state index in [9.17, 15) is 4.79 Å². The molecule has 4 aromatic rings. The first kappa shape index (κ1) is 19.4. The van der Waals surface area contributed by atoms with Crippen LogP contribution in [0.1, 0.15) is 46.0 Å². The fourth-order valence-corrected chi connectivity index (χ4v) is 4.53. The van der Waals surface area contributed by atoms with E-state index in [1.165, 1.54) is 10.9 Å². The Kier molecular flexibility index (Phi) is 4.94. The number of carbonyl (C=O) groups is 1. The first-order chi connectivity index (χ1) is 15.2. The maximum Gasteiger partial charge on any atom is 0.273 e. The average molecular weight is 412 g/mol. The van der Waals surface area contributed by atoms with Gasteiger partial charge < -0.3 is 14.6 Å². The van der Waals surface area contributed by atoms with Crippen LogP contribution in [-0.2, 0) is 6.42 Å². The van der Waals surface area contributed by atoms with Crippen LogP contribution in [0.5, 0.6) is 5.75 Å². The fraction of sp³-hybridized carbons (Fsp3) is 0.231. The minimum Gasteiger partial charge on any atom is -0.494 e. The Morgan fingerprint density at radius 2 is 1.90 bits per heavy atom. The van der Waals surface area contributed by atoms with Gasteiger partial charge in [0, 0.05) is 28.8 Å². The Morgan fingerprint density at radius 1 is 1.10 bits per heavy atom. The third kappa shape index (κ3) is 3.46. The Bertz CT molecular complexity index is 1240. The Labute approximate surface area is 181 Å². The number of aromatic amines is 1. The summed E-state index contributed by atoms with van der Waals surface area (Å²) >= 11 is 0. The van der Waals surface area contributed by atoms with Crippen molar-refractivity contribution in [2.45, 2.75) is 26.3 Å². The standard InChI is InChI=1S/C26H25N3O2/c1-3-31-19-13-11-18(12-14-19)25-24-21(20-8-4-5-9-22(20)28-24)15-16-29(25)26(30)23-10-6-7-17(2)27-23/h4-14,25,28H,3,15-16H2,1-2H3. The van der Waals surface area contributed by atoms with Crippen LogP contribution in [0.2, 0.25) is 0 Å². The lowest BCUT2D eigenvalue weighted by molar-refractivity contribution is 0.0685. The van der Waals surface area contributed by atoms with E-state index in [-0.39, 0.29) is 11.9 Å². The van der Waals surface area contributed by atoms with Crippen molar-refractivity contribution >= 4 is 16.8 Å². The molecular weight excluding hydrogens is 386 g/mol. The monoisotopic (exact) mass is 411 g/mol. The molecule has 1 atom stereocenters. The number of rotatable bonds is 4. The zero-order valence-corrected chi connectivity index (χ0v) is 17.8. The van der Waals surface area contributed by atoms with Crippen molar-refractivity contribution in [1.29, 1.82) is 0 Å². The molecule has 5 heteroatoms. The molecule has 1 unspecified atom stereocenters. The molecular formula is C26H25N3O2. The lowest BCUT2D eigenvalue weighted by atomic mass is 9.92. The molecule has 1 aliphatic heterocycles. The maximum absolute atomic E-state index is 13.6. The van der Waals surface area contributed by atoms with Crippen molar-refractivity contribution in [2.24, 2.45) is 0 Å². The molecule has 1 N–H and O–H groups in total. The number of ether oxygens (including phenoxy) is 1. The van der Waals surface area contributed by atoms with Gasteiger partial charge in [-0.15, -0.1) is 0 Å². The van der Waals surface area contributed by atoms with Gasteiger partial charge in [0.2, 0.25) is 0 Å². The summed E-state index contributed by atoms with van der Waals surface area (Å²) in [5, 5.41) is 1.23. The van der Waals surface area contributed by atoms with Gasteiger partial charge in [-0.25, -0.2) is 4.98 Å². The minimum absolute atomic E-state index is 0.0492. The summed E-state index contributed by atoms with van der Waals surface area (Å²) in [7, 11) is 0. The van der Waals surface area contributed by atoms with Crippen molar-refractivity contribution in [1.82, 2.24) is 14.9 Å². The number of carbonyl (C=O) groups excluding carboxylic acids is 1. The van der Waals surface area contributed by atoms with E-state index in [1.54, 1.807) is 6.07 Å². The molecule has 0 saturated heterocycles. The highest BCUT2D eigenvalue weighted by Crippen LogP contribution is 2.39. The van der Waals surface area contributed by atoms with Crippen LogP contribution >= 0.6 is 0 Å². The molecule has 0 spiro atoms. The number of nitrogens with zero attached hydrogens (tertiary/aromatic N) is 2. The van der Waals surface area contributed by atoms with Gasteiger partial charge in [0.05, 0.1) is 12.6 Å². The van der Waals surface area contributed by atoms with E-state index < -0.39 is 0 Å². The van der Waals surface area contributed by atoms with Gasteiger partial charge in [-0.05, 0) is 61.7 Å². The van der Waals surface area contributed by atoms with E-state index in [0.29, 0.717) is 18.8 Å². The molecule has 0 fully saturated rings. The highest BCUT2D eigenvalue weighted by atomic mass is 16.5. The summed E-state index contributed by atoms with van der Waals surface area (Å²) in [6, 6.07) is 21.8. The molecule has 0 bridgehead atoms. The summed E-state index contributed by atoms with van der Waals surface area (Å²) in [6.07, 6.45) is 0.810. The normalized spacial score (nSPS) is 15.7. The SMILES string of the molecule is CCOc1ccc(C2c3[nH]c4ccccc4c3CCN2C(=O)c2cccc(C)n2)cc1. The molecule has 0 radical (unpaired) electrons. The largest absolute Gasteiger partial charge is 0.494 e. The Morgan fingerprint density at radius 3 is 2.68 bits per heavy atom. The van der Waals surface area contributed by atoms with E-state index in [1.807, 2.05) is 49.1 Å². The average Bonchev–Trinajstić information content (AvgIpc) is 3.17. The number of hydrogen-bond donors (Lipinski definition) is 1. The summed E-state index contributed by atoms with van der Waals surface area (Å²) in [4.78, 5) is 23.6. The van der Waals surface area contributed by atoms with Gasteiger partial charge in [0.25, 0.3) is 5.91 Å². The van der Waals surface area contributed by atoms with E-state index >= 15 is 0 Å². The molecule has 1 aliphatic rings. The van der Waals surface area contributed by atoms with Gasteiger partial charge >= 0.3 is 0 Å². The molecule has 1 amide bonds. The summed E-state index contributed by atoms with van der Waals surface area (Å²) < 4.78 is 5.62. The molecule has 5 nitrogen and oxygen atoms in total. The Hall–Kier alpha value is -3.60. The summed E-state index contributed by atoms with van der Waals surface area (Å²) in [5.74, 6) is 0.782. The lowest BCUT2D eigenvalue weighted by Gasteiger charge is -2.36. The van der Waals surface area contributed by atoms with Gasteiger partial charge in [0.15, 0.2) is 0 Å². The second-order valence-electron chi connectivity index (χ2n) is 7.88. The van der Waals surface area contributed by atoms with Crippen molar-refractivity contribution in [3.05, 3.63) is 94.9 Å². The number of amides is 1. The van der Waals surface area contributed by atoms with Crippen molar-refractivity contribution in [3.63, 3.8) is 0 Å². The number of aryl methyl sites for hydroxylation is 1. The molecule has 0 aliphatic carbocycles. The first-order valence-electron chi connectivity index (χ1n) is 10.7. The molecule has 5 rings (SSSR count). The van der Waals surface area contributed by atoms with E-state index in [0.717, 1.165) is 34.6 Å². The minimum atomic E-state index is -0.207. The summed E-state index contributed by atoms with van der Waals surface area (Å²) in [6.45, 7) is 5.15. The number of H-pyrrole nitrogens is 1. The number of benzene rings is 2. The van der Waals surface area contributed by atoms with Crippen molar-refractivity contribution < 1.29 is 9.53 Å². The Balaban J connectivity index is 1.63. The highest BCUT2D eigenvalue weighted by Gasteiger charge is 2.35. The van der Waals surface area contributed by atoms with Crippen LogP contribution in [0.15, 0.2) is 66.7 Å². The number of fused-ring (bicyclic) bond motifs is 3. The fourth-order valence-electron chi connectivity index (χ4n) is 4.53. The highest BCUT2D eigenvalue weighted by molar-refractivity contribution is 5.94. The third-order valence-corrected chi connectivity index (χ3v) is 5.91. The number of pyridine rings is 1. The molecule has 2 aromatic heterocycles. The van der Waals surface area contributed by atoms with Crippen LogP contribution < -0.4 is 4.74 Å². The molecule has 2 aromatic carbocycles. The predicted molar refractivity (Wildman–Crippen MR) is 121 cm³/mol. The number of aromatic nitrogens is 2. The lowest BCUT2D eigenvalue weighted by Crippen LogP contribution is -2.41. The number of hydrogen-bond acceptors (Lipinski definition) is 3. The smallest absolute Gasteiger partial charge is 0.273 e. The number of para-hydroxylation sites is 1. The predicted octanol–water partition coefficient (Wildman–Crippen LogP) is 5.06. The van der Waals surface area contributed by atoms with Crippen LogP contribution in [-0.4, -0.2) is 33.9 Å². The zero-order chi connectivity index (χ0) is 21.4. The quantitative estimate of drug-likeness (QED) is 0.511. The number of nitrogens with one attached hydrogen (secondary N) is 1. The third-order valence-electron chi connectivity index (χ3n) is 5.91. The topological polar surface area (TPSA) is 58.2 Å². The van der Waals surface area contributed by atoms with Gasteiger partial charge in [-0.3, -0.25) is 4.79 Å². The van der Waals surface area contributed by atoms with Crippen LogP contribution in [0, 0.1) is 6.92 Å². The van der Waals surface area contributed by atoms with Crippen molar-refractivity contribution in [2.75, 3.05) is 13.2 Å². The second kappa shape index (κ2) is 7.91. The molecule has 0 saturated carbocycles. The summed E-state index contributed by atoms with van der Waals surface area (Å²) in [5.41, 5.74) is 5.85. The van der Waals surface area contributed by atoms with Gasteiger partial charge in [0.1, 0.15) is 11.4 Å². The van der Waals surface area contributed by atoms with Crippen LogP contribution in [0.25, 0.3) is 10.9 Å². The second-order valence-corrected chi connectivity index (χ2v) is 7.88. The van der Waals surface area contributed by atoms with Gasteiger partial charge in [-0.1, -0.05) is 36.4 Å². The van der Waals surface area contributed by atoms with Crippen molar-refractivity contribution in [3.8, 4) is 5.75 Å². The van der Waals surface area contributed by atoms with E-state index in [4.69, 9.17) is 4.74 Å². The molecule has 3 heterocycles. The molecule has 31 heavy (non-hydrogen) atoms. The van der Waals surface area contributed by atoms with Gasteiger partial charge in [-0.2, -0.15) is 0 Å². The maximum atomic E-state index is 13.6. The molecule has 156 valence electrons. The van der Waals surface area contributed by atoms with Crippen LogP contribution in [0.4, 0.5) is 0 Å².